The lowest BCUT2D eigenvalue weighted by molar-refractivity contribution is -0.118. The lowest BCUT2D eigenvalue weighted by atomic mass is 9.95. The van der Waals surface area contributed by atoms with Gasteiger partial charge in [0.25, 0.3) is 0 Å². The van der Waals surface area contributed by atoms with Crippen LogP contribution in [0.3, 0.4) is 0 Å². The zero-order valence-corrected chi connectivity index (χ0v) is 14.9. The van der Waals surface area contributed by atoms with Crippen molar-refractivity contribution in [3.05, 3.63) is 77.1 Å². The van der Waals surface area contributed by atoms with E-state index in [-0.39, 0.29) is 5.91 Å². The summed E-state index contributed by atoms with van der Waals surface area (Å²) in [6.07, 6.45) is 4.83. The number of halogens is 2. The number of imidazole rings is 1. The van der Waals surface area contributed by atoms with E-state index in [0.717, 1.165) is 18.4 Å². The van der Waals surface area contributed by atoms with Gasteiger partial charge >= 0.3 is 0 Å². The van der Waals surface area contributed by atoms with E-state index >= 15 is 0 Å². The lowest BCUT2D eigenvalue weighted by Crippen LogP contribution is -2.27. The summed E-state index contributed by atoms with van der Waals surface area (Å²) in [5, 5.41) is 3.45. The maximum atomic E-state index is 14.5. The van der Waals surface area contributed by atoms with E-state index in [9.17, 15) is 9.18 Å². The van der Waals surface area contributed by atoms with Crippen LogP contribution >= 0.6 is 11.6 Å². The summed E-state index contributed by atoms with van der Waals surface area (Å²) >= 11 is 6.05. The van der Waals surface area contributed by atoms with Gasteiger partial charge in [-0.25, -0.2) is 9.37 Å². The fourth-order valence-electron chi connectivity index (χ4n) is 3.22. The van der Waals surface area contributed by atoms with Gasteiger partial charge in [-0.3, -0.25) is 4.79 Å². The normalized spacial score (nSPS) is 14.9. The Kier molecular flexibility index (Phi) is 4.04. The molecule has 0 aliphatic heterocycles. The Morgan fingerprint density at radius 1 is 1.27 bits per heavy atom. The molecular weight excluding hydrogens is 353 g/mol. The molecular formula is C20H17ClFN3O. The molecule has 0 saturated heterocycles. The summed E-state index contributed by atoms with van der Waals surface area (Å²) < 4.78 is 16.2. The first-order chi connectivity index (χ1) is 12.5. The van der Waals surface area contributed by atoms with Gasteiger partial charge in [-0.15, -0.1) is 0 Å². The highest BCUT2D eigenvalue weighted by Crippen LogP contribution is 2.49. The minimum absolute atomic E-state index is 0.134. The molecule has 1 aromatic heterocycles. The lowest BCUT2D eigenvalue weighted by Gasteiger charge is -2.17. The minimum atomic E-state index is -0.568. The highest BCUT2D eigenvalue weighted by Gasteiger charge is 2.51. The Morgan fingerprint density at radius 3 is 2.69 bits per heavy atom. The van der Waals surface area contributed by atoms with Crippen molar-refractivity contribution in [2.75, 3.05) is 5.32 Å². The van der Waals surface area contributed by atoms with Gasteiger partial charge < -0.3 is 9.88 Å². The van der Waals surface area contributed by atoms with Crippen molar-refractivity contribution in [3.8, 4) is 5.69 Å². The molecule has 4 rings (SSSR count). The molecule has 1 fully saturated rings. The first kappa shape index (κ1) is 16.8. The molecule has 1 N–H and O–H groups in total. The second kappa shape index (κ2) is 6.25. The molecule has 0 atom stereocenters. The van der Waals surface area contributed by atoms with Crippen LogP contribution in [0.15, 0.2) is 54.9 Å². The van der Waals surface area contributed by atoms with E-state index in [1.165, 1.54) is 6.07 Å². The number of benzene rings is 2. The molecule has 4 nitrogen and oxygen atoms in total. The van der Waals surface area contributed by atoms with E-state index in [4.69, 9.17) is 11.6 Å². The predicted octanol–water partition coefficient (Wildman–Crippen LogP) is 4.64. The van der Waals surface area contributed by atoms with Crippen LogP contribution < -0.4 is 5.32 Å². The van der Waals surface area contributed by atoms with E-state index < -0.39 is 11.2 Å². The number of anilines is 1. The fraction of sp³-hybridized carbons (Fsp3) is 0.200. The van der Waals surface area contributed by atoms with Gasteiger partial charge in [0.05, 0.1) is 11.1 Å². The quantitative estimate of drug-likeness (QED) is 0.728. The summed E-state index contributed by atoms with van der Waals surface area (Å²) in [4.78, 5) is 16.9. The largest absolute Gasteiger partial charge is 0.325 e. The van der Waals surface area contributed by atoms with Crippen LogP contribution in [0.5, 0.6) is 0 Å². The third-order valence-electron chi connectivity index (χ3n) is 4.85. The molecule has 1 heterocycles. The zero-order chi connectivity index (χ0) is 18.3. The third-order valence-corrected chi connectivity index (χ3v) is 5.09. The van der Waals surface area contributed by atoms with Gasteiger partial charge in [-0.1, -0.05) is 23.7 Å². The molecule has 0 unspecified atom stereocenters. The van der Waals surface area contributed by atoms with Gasteiger partial charge in [0.15, 0.2) is 0 Å². The summed E-state index contributed by atoms with van der Waals surface area (Å²) in [6.45, 7) is 1.80. The van der Waals surface area contributed by atoms with Crippen molar-refractivity contribution in [1.29, 1.82) is 0 Å². The van der Waals surface area contributed by atoms with Crippen LogP contribution in [-0.4, -0.2) is 15.5 Å². The van der Waals surface area contributed by atoms with E-state index in [2.05, 4.69) is 10.3 Å². The smallest absolute Gasteiger partial charge is 0.235 e. The number of aromatic nitrogens is 2. The van der Waals surface area contributed by atoms with Crippen molar-refractivity contribution in [2.24, 2.45) is 0 Å². The molecule has 132 valence electrons. The molecule has 1 amide bonds. The van der Waals surface area contributed by atoms with Crippen LogP contribution in [0.1, 0.15) is 24.2 Å². The van der Waals surface area contributed by atoms with Gasteiger partial charge in [-0.05, 0) is 55.7 Å². The van der Waals surface area contributed by atoms with Gasteiger partial charge in [0, 0.05) is 23.1 Å². The number of nitrogens with one attached hydrogen (secondary N) is 1. The Bertz CT molecular complexity index is 994. The van der Waals surface area contributed by atoms with E-state index in [1.54, 1.807) is 42.1 Å². The van der Waals surface area contributed by atoms with Crippen LogP contribution in [0.25, 0.3) is 5.69 Å². The van der Waals surface area contributed by atoms with Gasteiger partial charge in [-0.2, -0.15) is 0 Å². The average molecular weight is 370 g/mol. The number of hydrogen-bond acceptors (Lipinski definition) is 2. The maximum Gasteiger partial charge on any atom is 0.235 e. The van der Waals surface area contributed by atoms with E-state index in [1.807, 2.05) is 18.2 Å². The molecule has 1 aliphatic carbocycles. The highest BCUT2D eigenvalue weighted by atomic mass is 35.5. The number of carbonyl (C=O) groups is 1. The highest BCUT2D eigenvalue weighted by molar-refractivity contribution is 6.30. The molecule has 1 saturated carbocycles. The van der Waals surface area contributed by atoms with Crippen LogP contribution in [0.4, 0.5) is 10.1 Å². The Hall–Kier alpha value is -2.66. The summed E-state index contributed by atoms with van der Waals surface area (Å²) in [6, 6.07) is 12.0. The van der Waals surface area contributed by atoms with Crippen molar-refractivity contribution in [2.45, 2.75) is 25.2 Å². The van der Waals surface area contributed by atoms with Crippen LogP contribution in [-0.2, 0) is 10.2 Å². The molecule has 0 bridgehead atoms. The number of aryl methyl sites for hydroxylation is 1. The summed E-state index contributed by atoms with van der Waals surface area (Å²) in [5.74, 6) is 0.140. The van der Waals surface area contributed by atoms with Gasteiger partial charge in [0.1, 0.15) is 11.6 Å². The topological polar surface area (TPSA) is 46.9 Å². The first-order valence-electron chi connectivity index (χ1n) is 8.37. The van der Waals surface area contributed by atoms with Crippen LogP contribution in [0, 0.1) is 12.7 Å². The third kappa shape index (κ3) is 2.88. The zero-order valence-electron chi connectivity index (χ0n) is 14.2. The Morgan fingerprint density at radius 2 is 2.08 bits per heavy atom. The first-order valence-corrected chi connectivity index (χ1v) is 8.75. The molecule has 0 spiro atoms. The standard InChI is InChI=1S/C20H17ClFN3O/c1-13-23-9-10-25(13)18-6-5-16(12-17(18)22)24-19(26)20(7-8-20)14-3-2-4-15(21)11-14/h2-6,9-12H,7-8H2,1H3,(H,24,26). The SMILES string of the molecule is Cc1nccn1-c1ccc(NC(=O)C2(c3cccc(Cl)c3)CC2)cc1F. The number of amides is 1. The summed E-state index contributed by atoms with van der Waals surface area (Å²) in [5.41, 5.74) is 1.16. The van der Waals surface area contributed by atoms with Crippen LogP contribution in [0.2, 0.25) is 5.02 Å². The monoisotopic (exact) mass is 369 g/mol. The Labute approximate surface area is 155 Å². The molecule has 1 aliphatic rings. The molecule has 2 aromatic carbocycles. The minimum Gasteiger partial charge on any atom is -0.325 e. The molecule has 26 heavy (non-hydrogen) atoms. The van der Waals surface area contributed by atoms with Crippen molar-refractivity contribution in [1.82, 2.24) is 9.55 Å². The average Bonchev–Trinajstić information content (AvgIpc) is 3.32. The number of carbonyl (C=O) groups excluding carboxylic acids is 1. The predicted molar refractivity (Wildman–Crippen MR) is 99.3 cm³/mol. The number of nitrogens with zero attached hydrogens (tertiary/aromatic N) is 2. The van der Waals surface area contributed by atoms with Crippen molar-refractivity contribution in [3.63, 3.8) is 0 Å². The van der Waals surface area contributed by atoms with Crippen molar-refractivity contribution >= 4 is 23.2 Å². The summed E-state index contributed by atoms with van der Waals surface area (Å²) in [7, 11) is 0. The number of rotatable bonds is 4. The van der Waals surface area contributed by atoms with E-state index in [0.29, 0.717) is 22.2 Å². The molecule has 0 radical (unpaired) electrons. The second-order valence-corrected chi connectivity index (χ2v) is 6.99. The fourth-order valence-corrected chi connectivity index (χ4v) is 3.41. The molecule has 6 heteroatoms. The number of hydrogen-bond donors (Lipinski definition) is 1. The van der Waals surface area contributed by atoms with Crippen molar-refractivity contribution < 1.29 is 9.18 Å². The molecule has 3 aromatic rings. The second-order valence-electron chi connectivity index (χ2n) is 6.56. The maximum absolute atomic E-state index is 14.5. The van der Waals surface area contributed by atoms with Gasteiger partial charge in [0.2, 0.25) is 5.91 Å². The Balaban J connectivity index is 1.57.